The molecule has 0 aliphatic heterocycles. The Kier molecular flexibility index (Phi) is 4.59. The van der Waals surface area contributed by atoms with Gasteiger partial charge in [-0.15, -0.1) is 0 Å². The highest BCUT2D eigenvalue weighted by Crippen LogP contribution is 2.15. The van der Waals surface area contributed by atoms with E-state index in [0.717, 1.165) is 16.6 Å². The summed E-state index contributed by atoms with van der Waals surface area (Å²) in [7, 11) is 0. The molecule has 4 N–H and O–H groups in total. The smallest absolute Gasteiger partial charge is 0.102 e. The molecule has 0 aliphatic carbocycles. The van der Waals surface area contributed by atoms with Crippen LogP contribution in [0.3, 0.4) is 0 Å². The van der Waals surface area contributed by atoms with Crippen molar-refractivity contribution < 1.29 is 0 Å². The van der Waals surface area contributed by atoms with Crippen LogP contribution in [0.4, 0.5) is 0 Å². The van der Waals surface area contributed by atoms with Gasteiger partial charge >= 0.3 is 0 Å². The zero-order valence-electron chi connectivity index (χ0n) is 11.2. The van der Waals surface area contributed by atoms with Crippen LogP contribution in [0.25, 0.3) is 10.9 Å². The molecule has 0 radical (unpaired) electrons. The fourth-order valence-corrected chi connectivity index (χ4v) is 1.46. The molecule has 2 aromatic heterocycles. The van der Waals surface area contributed by atoms with E-state index in [9.17, 15) is 0 Å². The number of H-pyrrole nitrogens is 1. The summed E-state index contributed by atoms with van der Waals surface area (Å²) in [6, 6.07) is 1.76. The third-order valence-electron chi connectivity index (χ3n) is 2.49. The topological polar surface area (TPSA) is 91.4 Å². The lowest BCUT2D eigenvalue weighted by molar-refractivity contribution is 1.07. The number of nitrogens with one attached hydrogen (secondary N) is 2. The third-order valence-corrected chi connectivity index (χ3v) is 2.49. The summed E-state index contributed by atoms with van der Waals surface area (Å²) in [5.74, 6) is 0. The molecule has 0 fully saturated rings. The van der Waals surface area contributed by atoms with Crippen molar-refractivity contribution in [3.63, 3.8) is 0 Å². The summed E-state index contributed by atoms with van der Waals surface area (Å²) in [6.07, 6.45) is 3.39. The number of rotatable bonds is 2. The van der Waals surface area contributed by atoms with Gasteiger partial charge in [0.1, 0.15) is 5.71 Å². The van der Waals surface area contributed by atoms with E-state index in [4.69, 9.17) is 11.1 Å². The van der Waals surface area contributed by atoms with E-state index in [1.54, 1.807) is 25.3 Å². The molecule has 2 aromatic rings. The lowest BCUT2D eigenvalue weighted by Crippen LogP contribution is -2.12. The van der Waals surface area contributed by atoms with Gasteiger partial charge in [-0.2, -0.15) is 5.10 Å². The standard InChI is InChI=1S/C11H13N5.C2H6/c1-3-8(12)11(13)10-4-9-7(5-14-10)6(2)15-16-9;1-2/h3-5,13H,12H2,1-2H3,(H,15,16);1-2H3/b8-3+,13-11?;. The summed E-state index contributed by atoms with van der Waals surface area (Å²) >= 11 is 0. The number of hydrogen-bond acceptors (Lipinski definition) is 4. The Labute approximate surface area is 107 Å². The maximum atomic E-state index is 7.82. The molecule has 0 saturated carbocycles. The highest BCUT2D eigenvalue weighted by molar-refractivity contribution is 6.09. The summed E-state index contributed by atoms with van der Waals surface area (Å²) in [5.41, 5.74) is 8.62. The van der Waals surface area contributed by atoms with E-state index in [2.05, 4.69) is 15.2 Å². The molecule has 0 atom stereocenters. The molecular weight excluding hydrogens is 226 g/mol. The van der Waals surface area contributed by atoms with E-state index < -0.39 is 0 Å². The maximum Gasteiger partial charge on any atom is 0.102 e. The average Bonchev–Trinajstić information content (AvgIpc) is 2.80. The highest BCUT2D eigenvalue weighted by Gasteiger charge is 2.08. The maximum absolute atomic E-state index is 7.82. The minimum Gasteiger partial charge on any atom is -0.397 e. The number of aromatic nitrogens is 3. The number of pyridine rings is 1. The van der Waals surface area contributed by atoms with Crippen molar-refractivity contribution in [1.29, 1.82) is 5.41 Å². The van der Waals surface area contributed by atoms with Gasteiger partial charge in [0.05, 0.1) is 16.9 Å². The van der Waals surface area contributed by atoms with Crippen LogP contribution in [0.2, 0.25) is 0 Å². The first-order valence-corrected chi connectivity index (χ1v) is 5.95. The average molecular weight is 245 g/mol. The molecule has 0 amide bonds. The molecule has 2 heterocycles. The number of aryl methyl sites for hydroxylation is 1. The highest BCUT2D eigenvalue weighted by atomic mass is 15.1. The molecule has 2 rings (SSSR count). The molecule has 5 nitrogen and oxygen atoms in total. The van der Waals surface area contributed by atoms with E-state index in [0.29, 0.717) is 11.4 Å². The van der Waals surface area contributed by atoms with Gasteiger partial charge in [-0.1, -0.05) is 19.9 Å². The minimum atomic E-state index is 0.227. The molecule has 0 aromatic carbocycles. The minimum absolute atomic E-state index is 0.227. The number of aromatic amines is 1. The van der Waals surface area contributed by atoms with Gasteiger partial charge in [0, 0.05) is 17.3 Å². The van der Waals surface area contributed by atoms with Crippen molar-refractivity contribution in [1.82, 2.24) is 15.2 Å². The molecule has 0 spiro atoms. The van der Waals surface area contributed by atoms with Gasteiger partial charge in [-0.3, -0.25) is 15.5 Å². The summed E-state index contributed by atoms with van der Waals surface area (Å²) < 4.78 is 0. The predicted molar refractivity (Wildman–Crippen MR) is 74.7 cm³/mol. The van der Waals surface area contributed by atoms with Crippen LogP contribution in [-0.4, -0.2) is 20.9 Å². The van der Waals surface area contributed by atoms with Crippen molar-refractivity contribution >= 4 is 16.6 Å². The Bertz CT molecular complexity index is 580. The second-order valence-electron chi connectivity index (χ2n) is 3.55. The molecule has 0 aliphatic rings. The van der Waals surface area contributed by atoms with Crippen LogP contribution >= 0.6 is 0 Å². The Balaban J connectivity index is 0.000000771. The molecule has 96 valence electrons. The van der Waals surface area contributed by atoms with Gasteiger partial charge in [0.2, 0.25) is 0 Å². The van der Waals surface area contributed by atoms with Crippen molar-refractivity contribution in [2.24, 2.45) is 5.73 Å². The van der Waals surface area contributed by atoms with Crippen molar-refractivity contribution in [2.45, 2.75) is 27.7 Å². The van der Waals surface area contributed by atoms with Gasteiger partial charge in [-0.25, -0.2) is 0 Å². The number of allylic oxidation sites excluding steroid dienone is 2. The molecule has 18 heavy (non-hydrogen) atoms. The molecule has 5 heteroatoms. The van der Waals surface area contributed by atoms with Gasteiger partial charge in [0.25, 0.3) is 0 Å². The number of nitrogens with zero attached hydrogens (tertiary/aromatic N) is 2. The van der Waals surface area contributed by atoms with Crippen LogP contribution < -0.4 is 5.73 Å². The summed E-state index contributed by atoms with van der Waals surface area (Å²) in [6.45, 7) is 7.73. The zero-order valence-corrected chi connectivity index (χ0v) is 11.2. The number of nitrogens with two attached hydrogens (primary N) is 1. The number of hydrogen-bond donors (Lipinski definition) is 3. The van der Waals surface area contributed by atoms with Crippen LogP contribution in [0, 0.1) is 12.3 Å². The van der Waals surface area contributed by atoms with Crippen LogP contribution in [0.15, 0.2) is 24.0 Å². The second kappa shape index (κ2) is 5.95. The van der Waals surface area contributed by atoms with Crippen LogP contribution in [-0.2, 0) is 0 Å². The van der Waals surface area contributed by atoms with E-state index in [1.807, 2.05) is 20.8 Å². The summed E-state index contributed by atoms with van der Waals surface area (Å²) in [5, 5.41) is 15.8. The normalized spacial score (nSPS) is 11.0. The number of fused-ring (bicyclic) bond motifs is 1. The molecule has 0 unspecified atom stereocenters. The largest absolute Gasteiger partial charge is 0.397 e. The predicted octanol–water partition coefficient (Wildman–Crippen LogP) is 2.52. The second-order valence-corrected chi connectivity index (χ2v) is 3.55. The quantitative estimate of drug-likeness (QED) is 0.710. The van der Waals surface area contributed by atoms with Crippen molar-refractivity contribution in [2.75, 3.05) is 0 Å². The Morgan fingerprint density at radius 1 is 1.44 bits per heavy atom. The van der Waals surface area contributed by atoms with Gasteiger partial charge in [0.15, 0.2) is 0 Å². The molecular formula is C13H19N5. The van der Waals surface area contributed by atoms with Crippen molar-refractivity contribution in [3.05, 3.63) is 35.4 Å². The fraction of sp³-hybridized carbons (Fsp3) is 0.308. The lowest BCUT2D eigenvalue weighted by Gasteiger charge is -2.02. The zero-order chi connectivity index (χ0) is 13.7. The third kappa shape index (κ3) is 2.56. The monoisotopic (exact) mass is 245 g/mol. The van der Waals surface area contributed by atoms with Gasteiger partial charge < -0.3 is 5.73 Å². The lowest BCUT2D eigenvalue weighted by atomic mass is 10.1. The molecule has 0 saturated heterocycles. The van der Waals surface area contributed by atoms with E-state index in [-0.39, 0.29) is 5.71 Å². The van der Waals surface area contributed by atoms with Crippen LogP contribution in [0.5, 0.6) is 0 Å². The SMILES string of the molecule is C/C=C(/N)C(=N)c1cc2n[nH]c(C)c2cn1.CC. The van der Waals surface area contributed by atoms with E-state index >= 15 is 0 Å². The first-order chi connectivity index (χ1) is 8.63. The first-order valence-electron chi connectivity index (χ1n) is 5.95. The molecule has 0 bridgehead atoms. The Morgan fingerprint density at radius 3 is 2.72 bits per heavy atom. The fourth-order valence-electron chi connectivity index (χ4n) is 1.46. The Hall–Kier alpha value is -2.17. The van der Waals surface area contributed by atoms with Gasteiger partial charge in [-0.05, 0) is 19.9 Å². The first kappa shape index (κ1) is 13.9. The summed E-state index contributed by atoms with van der Waals surface area (Å²) in [4.78, 5) is 4.20. The van der Waals surface area contributed by atoms with Crippen molar-refractivity contribution in [3.8, 4) is 0 Å². The Morgan fingerprint density at radius 2 is 2.11 bits per heavy atom. The van der Waals surface area contributed by atoms with Crippen LogP contribution in [0.1, 0.15) is 32.2 Å². The van der Waals surface area contributed by atoms with E-state index in [1.165, 1.54) is 0 Å².